The number of thiocarbonyl (C=S) groups is 1. The Bertz CT molecular complexity index is 1330. The number of amides is 1. The lowest BCUT2D eigenvalue weighted by Gasteiger charge is -2.09. The van der Waals surface area contributed by atoms with E-state index in [0.29, 0.717) is 22.9 Å². The number of H-pyrrole nitrogens is 1. The number of para-hydroxylation sites is 1. The standard InChI is InChI=1S/C25H23BrN6OS/c1-16-21(22-4-2-3-5-23(22)30-16)12-13-27-24(33)17-6-9-19(10-7-17)31-25(34)32-29-15-20-11-8-18(26)14-28-20/h2-11,14-15,30H,12-13H2,1H3,(H,27,33)(H2,31,32,34)/b29-15+. The van der Waals surface area contributed by atoms with Gasteiger partial charge in [0.2, 0.25) is 0 Å². The highest BCUT2D eigenvalue weighted by atomic mass is 79.9. The molecule has 7 nitrogen and oxygen atoms in total. The molecular formula is C25H23BrN6OS. The molecule has 9 heteroatoms. The fourth-order valence-electron chi connectivity index (χ4n) is 3.54. The Morgan fingerprint density at radius 2 is 1.94 bits per heavy atom. The number of benzene rings is 2. The second-order valence-electron chi connectivity index (χ2n) is 7.58. The lowest BCUT2D eigenvalue weighted by molar-refractivity contribution is 0.0954. The number of carbonyl (C=O) groups excluding carboxylic acids is 1. The van der Waals surface area contributed by atoms with Gasteiger partial charge in [0, 0.05) is 45.1 Å². The van der Waals surface area contributed by atoms with Crippen LogP contribution in [-0.4, -0.2) is 33.7 Å². The van der Waals surface area contributed by atoms with Gasteiger partial charge in [-0.3, -0.25) is 15.2 Å². The van der Waals surface area contributed by atoms with Crippen molar-refractivity contribution in [2.24, 2.45) is 5.10 Å². The summed E-state index contributed by atoms with van der Waals surface area (Å²) >= 11 is 8.59. The number of anilines is 1. The van der Waals surface area contributed by atoms with Gasteiger partial charge in [0.1, 0.15) is 0 Å². The Kier molecular flexibility index (Phi) is 7.66. The van der Waals surface area contributed by atoms with Crippen molar-refractivity contribution in [1.82, 2.24) is 20.7 Å². The van der Waals surface area contributed by atoms with Crippen LogP contribution in [0.25, 0.3) is 10.9 Å². The topological polar surface area (TPSA) is 94.2 Å². The van der Waals surface area contributed by atoms with Gasteiger partial charge in [0.25, 0.3) is 5.91 Å². The molecule has 0 saturated carbocycles. The van der Waals surface area contributed by atoms with Crippen molar-refractivity contribution < 1.29 is 4.79 Å². The van der Waals surface area contributed by atoms with E-state index in [2.05, 4.69) is 66.1 Å². The van der Waals surface area contributed by atoms with Crippen LogP contribution in [0.5, 0.6) is 0 Å². The average Bonchev–Trinajstić information content (AvgIpc) is 3.16. The van der Waals surface area contributed by atoms with Crippen LogP contribution in [0.2, 0.25) is 0 Å². The fraction of sp³-hybridized carbons (Fsp3) is 0.120. The van der Waals surface area contributed by atoms with Crippen LogP contribution in [0.15, 0.2) is 76.4 Å². The number of aromatic nitrogens is 2. The number of nitrogens with one attached hydrogen (secondary N) is 4. The Balaban J connectivity index is 1.25. The highest BCUT2D eigenvalue weighted by molar-refractivity contribution is 9.10. The first-order valence-electron chi connectivity index (χ1n) is 10.7. The van der Waals surface area contributed by atoms with Crippen molar-refractivity contribution in [1.29, 1.82) is 0 Å². The summed E-state index contributed by atoms with van der Waals surface area (Å²) in [5.74, 6) is -0.114. The molecule has 0 saturated heterocycles. The van der Waals surface area contributed by atoms with Crippen LogP contribution in [-0.2, 0) is 6.42 Å². The number of aryl methyl sites for hydroxylation is 1. The lowest BCUT2D eigenvalue weighted by Crippen LogP contribution is -2.26. The minimum absolute atomic E-state index is 0.114. The number of pyridine rings is 1. The van der Waals surface area contributed by atoms with Crippen molar-refractivity contribution in [2.45, 2.75) is 13.3 Å². The highest BCUT2D eigenvalue weighted by Gasteiger charge is 2.09. The molecule has 4 N–H and O–H groups in total. The van der Waals surface area contributed by atoms with Gasteiger partial charge in [-0.2, -0.15) is 5.10 Å². The summed E-state index contributed by atoms with van der Waals surface area (Å²) in [6, 6.07) is 19.0. The molecule has 2 aromatic heterocycles. The average molecular weight is 535 g/mol. The number of aromatic amines is 1. The van der Waals surface area contributed by atoms with Crippen LogP contribution >= 0.6 is 28.1 Å². The quantitative estimate of drug-likeness (QED) is 0.153. The summed E-state index contributed by atoms with van der Waals surface area (Å²) < 4.78 is 0.899. The molecule has 0 aliphatic rings. The van der Waals surface area contributed by atoms with Crippen LogP contribution in [0.4, 0.5) is 5.69 Å². The van der Waals surface area contributed by atoms with E-state index < -0.39 is 0 Å². The first-order chi connectivity index (χ1) is 16.5. The predicted octanol–water partition coefficient (Wildman–Crippen LogP) is 4.93. The molecule has 0 fully saturated rings. The molecule has 0 aliphatic heterocycles. The maximum Gasteiger partial charge on any atom is 0.251 e. The lowest BCUT2D eigenvalue weighted by atomic mass is 10.1. The van der Waals surface area contributed by atoms with E-state index in [1.165, 1.54) is 10.9 Å². The van der Waals surface area contributed by atoms with Crippen molar-refractivity contribution in [3.63, 3.8) is 0 Å². The number of hydrazone groups is 1. The number of nitrogens with zero attached hydrogens (tertiary/aromatic N) is 2. The minimum atomic E-state index is -0.114. The molecule has 0 bridgehead atoms. The number of hydrogen-bond acceptors (Lipinski definition) is 4. The molecule has 2 heterocycles. The molecule has 0 atom stereocenters. The third-order valence-electron chi connectivity index (χ3n) is 5.21. The van der Waals surface area contributed by atoms with Crippen LogP contribution in [0.1, 0.15) is 27.3 Å². The third kappa shape index (κ3) is 6.06. The van der Waals surface area contributed by atoms with Crippen LogP contribution in [0, 0.1) is 6.92 Å². The van der Waals surface area contributed by atoms with Crippen molar-refractivity contribution in [3.05, 3.63) is 93.8 Å². The predicted molar refractivity (Wildman–Crippen MR) is 144 cm³/mol. The van der Waals surface area contributed by atoms with Gasteiger partial charge < -0.3 is 15.6 Å². The maximum atomic E-state index is 12.5. The van der Waals surface area contributed by atoms with Gasteiger partial charge in [-0.15, -0.1) is 0 Å². The zero-order chi connectivity index (χ0) is 23.9. The van der Waals surface area contributed by atoms with E-state index in [9.17, 15) is 4.79 Å². The van der Waals surface area contributed by atoms with Gasteiger partial charge in [-0.25, -0.2) is 0 Å². The van der Waals surface area contributed by atoms with E-state index in [1.54, 1.807) is 36.7 Å². The first-order valence-corrected chi connectivity index (χ1v) is 11.9. The zero-order valence-corrected chi connectivity index (χ0v) is 20.8. The van der Waals surface area contributed by atoms with E-state index in [4.69, 9.17) is 12.2 Å². The van der Waals surface area contributed by atoms with Crippen LogP contribution in [0.3, 0.4) is 0 Å². The van der Waals surface area contributed by atoms with Crippen molar-refractivity contribution in [2.75, 3.05) is 11.9 Å². The second-order valence-corrected chi connectivity index (χ2v) is 8.91. The van der Waals surface area contributed by atoms with Crippen molar-refractivity contribution in [3.8, 4) is 0 Å². The number of halogens is 1. The smallest absolute Gasteiger partial charge is 0.251 e. The fourth-order valence-corrected chi connectivity index (χ4v) is 3.95. The summed E-state index contributed by atoms with van der Waals surface area (Å²) in [6.07, 6.45) is 4.03. The number of carbonyl (C=O) groups is 1. The van der Waals surface area contributed by atoms with Gasteiger partial charge in [0.15, 0.2) is 5.11 Å². The van der Waals surface area contributed by atoms with E-state index in [-0.39, 0.29) is 5.91 Å². The van der Waals surface area contributed by atoms with Crippen molar-refractivity contribution >= 4 is 62.0 Å². The highest BCUT2D eigenvalue weighted by Crippen LogP contribution is 2.22. The molecule has 34 heavy (non-hydrogen) atoms. The summed E-state index contributed by atoms with van der Waals surface area (Å²) in [5, 5.41) is 11.6. The summed E-state index contributed by atoms with van der Waals surface area (Å²) in [6.45, 7) is 2.62. The molecule has 1 amide bonds. The Labute approximate surface area is 211 Å². The third-order valence-corrected chi connectivity index (χ3v) is 5.87. The number of rotatable bonds is 7. The van der Waals surface area contributed by atoms with E-state index in [0.717, 1.165) is 27.8 Å². The summed E-state index contributed by atoms with van der Waals surface area (Å²) in [7, 11) is 0. The first kappa shape index (κ1) is 23.6. The molecule has 0 unspecified atom stereocenters. The van der Waals surface area contributed by atoms with E-state index >= 15 is 0 Å². The summed E-state index contributed by atoms with van der Waals surface area (Å²) in [4.78, 5) is 20.1. The number of fused-ring (bicyclic) bond motifs is 1. The molecule has 172 valence electrons. The molecule has 0 radical (unpaired) electrons. The minimum Gasteiger partial charge on any atom is -0.358 e. The molecular weight excluding hydrogens is 512 g/mol. The Morgan fingerprint density at radius 1 is 1.15 bits per heavy atom. The molecule has 0 spiro atoms. The van der Waals surface area contributed by atoms with Gasteiger partial charge in [-0.1, -0.05) is 18.2 Å². The Morgan fingerprint density at radius 3 is 2.71 bits per heavy atom. The van der Waals surface area contributed by atoms with Crippen LogP contribution < -0.4 is 16.1 Å². The number of hydrogen-bond donors (Lipinski definition) is 4. The largest absolute Gasteiger partial charge is 0.358 e. The molecule has 0 aliphatic carbocycles. The molecule has 4 rings (SSSR count). The van der Waals surface area contributed by atoms with E-state index in [1.807, 2.05) is 24.3 Å². The normalized spacial score (nSPS) is 11.0. The zero-order valence-electron chi connectivity index (χ0n) is 18.4. The summed E-state index contributed by atoms with van der Waals surface area (Å²) in [5.41, 5.74) is 8.26. The molecule has 4 aromatic rings. The molecule has 2 aromatic carbocycles. The maximum absolute atomic E-state index is 12.5. The second kappa shape index (κ2) is 11.0. The van der Waals surface area contributed by atoms with Gasteiger partial charge in [0.05, 0.1) is 11.9 Å². The monoisotopic (exact) mass is 534 g/mol. The van der Waals surface area contributed by atoms with Gasteiger partial charge >= 0.3 is 0 Å². The SMILES string of the molecule is Cc1[nH]c2ccccc2c1CCNC(=O)c1ccc(NC(=S)N/N=C/c2ccc(Br)cn2)cc1. The van der Waals surface area contributed by atoms with Gasteiger partial charge in [-0.05, 0) is 89.5 Å². The Hall–Kier alpha value is -3.56.